The SMILES string of the molecule is NC1CCCCC1N.[Cd+2].[NH-]c1ccccc1N=CC1=CC=CC(C=Nc2ccccc2[NH-])[N-]1. The first-order chi connectivity index (χ1) is 15.5. The Hall–Kier alpha value is -2.50. The second-order valence-corrected chi connectivity index (χ2v) is 7.78. The Labute approximate surface area is 216 Å². The molecule has 7 nitrogen and oxygen atoms in total. The van der Waals surface area contributed by atoms with Crippen LogP contribution in [0, 0.1) is 0 Å². The summed E-state index contributed by atoms with van der Waals surface area (Å²) in [7, 11) is 0. The van der Waals surface area contributed by atoms with Crippen molar-refractivity contribution in [2.75, 3.05) is 0 Å². The predicted molar refractivity (Wildman–Crippen MR) is 136 cm³/mol. The Morgan fingerprint density at radius 3 is 1.94 bits per heavy atom. The summed E-state index contributed by atoms with van der Waals surface area (Å²) in [6.45, 7) is 0. The minimum atomic E-state index is -0.192. The standard InChI is InChI=1S/C19H16N5.C6H14N2.Cd/c20-16-8-1-3-10-18(16)22-12-14-6-5-7-15(24-14)13-23-19-11-4-2-9-17(19)21;7-5-3-1-2-4-6(5)8;/h1-14,20-21H;5-6H,1-4,7-8H2;/q-3;;+2. The summed E-state index contributed by atoms with van der Waals surface area (Å²) in [5.74, 6) is 0. The Bertz CT molecular complexity index is 990. The van der Waals surface area contributed by atoms with E-state index in [0.717, 1.165) is 18.5 Å². The van der Waals surface area contributed by atoms with Crippen molar-refractivity contribution in [1.82, 2.24) is 0 Å². The fraction of sp³-hybridized carbons (Fsp3) is 0.280. The van der Waals surface area contributed by atoms with E-state index >= 15 is 0 Å². The summed E-state index contributed by atoms with van der Waals surface area (Å²) < 4.78 is 0. The molecule has 1 fully saturated rings. The molecule has 0 saturated heterocycles. The van der Waals surface area contributed by atoms with E-state index < -0.39 is 0 Å². The number of hydrogen-bond donors (Lipinski definition) is 2. The first-order valence-electron chi connectivity index (χ1n) is 10.8. The monoisotopic (exact) mass is 542 g/mol. The Balaban J connectivity index is 0.000000364. The minimum Gasteiger partial charge on any atom is -0.697 e. The summed E-state index contributed by atoms with van der Waals surface area (Å²) >= 11 is 0. The zero-order valence-corrected chi connectivity index (χ0v) is 22.8. The molecule has 2 aliphatic rings. The van der Waals surface area contributed by atoms with E-state index in [1.165, 1.54) is 12.8 Å². The van der Waals surface area contributed by atoms with Crippen molar-refractivity contribution in [3.8, 4) is 0 Å². The second-order valence-electron chi connectivity index (χ2n) is 7.78. The smallest absolute Gasteiger partial charge is 0.697 e. The van der Waals surface area contributed by atoms with E-state index in [2.05, 4.69) is 15.3 Å². The molecule has 3 atom stereocenters. The molecule has 0 spiro atoms. The van der Waals surface area contributed by atoms with Crippen molar-refractivity contribution in [1.29, 1.82) is 0 Å². The normalized spacial score (nSPS) is 22.1. The van der Waals surface area contributed by atoms with Gasteiger partial charge in [0.25, 0.3) is 0 Å². The van der Waals surface area contributed by atoms with E-state index in [-0.39, 0.29) is 45.4 Å². The fourth-order valence-corrected chi connectivity index (χ4v) is 3.34. The van der Waals surface area contributed by atoms with Crippen LogP contribution in [0.1, 0.15) is 25.7 Å². The van der Waals surface area contributed by atoms with Crippen molar-refractivity contribution >= 4 is 35.2 Å². The van der Waals surface area contributed by atoms with Crippen LogP contribution in [0.5, 0.6) is 0 Å². The molecule has 1 aliphatic heterocycles. The molecule has 1 saturated carbocycles. The van der Waals surface area contributed by atoms with Gasteiger partial charge in [0.05, 0.1) is 0 Å². The largest absolute Gasteiger partial charge is 2.00 e. The first-order valence-corrected chi connectivity index (χ1v) is 10.8. The zero-order chi connectivity index (χ0) is 22.8. The van der Waals surface area contributed by atoms with E-state index in [0.29, 0.717) is 22.7 Å². The number of para-hydroxylation sites is 2. The quantitative estimate of drug-likeness (QED) is 0.334. The molecule has 4 rings (SSSR count). The molecule has 168 valence electrons. The summed E-state index contributed by atoms with van der Waals surface area (Å²) in [6.07, 6.45) is 13.8. The van der Waals surface area contributed by atoms with Crippen LogP contribution in [0.15, 0.2) is 82.4 Å². The van der Waals surface area contributed by atoms with Gasteiger partial charge in [0, 0.05) is 29.7 Å². The van der Waals surface area contributed by atoms with Gasteiger partial charge in [-0.25, -0.2) is 0 Å². The number of nitrogens with two attached hydrogens (primary N) is 2. The number of hydrogen-bond acceptors (Lipinski definition) is 4. The predicted octanol–water partition coefficient (Wildman–Crippen LogP) is 6.57. The maximum Gasteiger partial charge on any atom is 2.00 e. The molecule has 33 heavy (non-hydrogen) atoms. The number of benzene rings is 2. The maximum atomic E-state index is 7.80. The molecule has 8 heteroatoms. The Kier molecular flexibility index (Phi) is 11.3. The van der Waals surface area contributed by atoms with E-state index in [1.807, 2.05) is 42.5 Å². The summed E-state index contributed by atoms with van der Waals surface area (Å²) in [5, 5.41) is 4.52. The molecule has 2 aromatic rings. The first kappa shape index (κ1) is 26.8. The summed E-state index contributed by atoms with van der Waals surface area (Å²) in [6, 6.07) is 14.7. The van der Waals surface area contributed by atoms with E-state index in [1.54, 1.807) is 36.7 Å². The van der Waals surface area contributed by atoms with Gasteiger partial charge in [-0.3, -0.25) is 9.98 Å². The van der Waals surface area contributed by atoms with Gasteiger partial charge in [0.2, 0.25) is 0 Å². The molecule has 6 N–H and O–H groups in total. The molecular weight excluding hydrogens is 511 g/mol. The third-order valence-electron chi connectivity index (χ3n) is 5.26. The Morgan fingerprint density at radius 2 is 1.39 bits per heavy atom. The van der Waals surface area contributed by atoms with Gasteiger partial charge in [-0.05, 0) is 31.2 Å². The van der Waals surface area contributed by atoms with Gasteiger partial charge in [0.15, 0.2) is 0 Å². The van der Waals surface area contributed by atoms with Gasteiger partial charge in [-0.1, -0.05) is 73.5 Å². The maximum absolute atomic E-state index is 7.80. The third kappa shape index (κ3) is 8.75. The number of allylic oxidation sites excluding steroid dienone is 3. The van der Waals surface area contributed by atoms with E-state index in [9.17, 15) is 0 Å². The van der Waals surface area contributed by atoms with Crippen molar-refractivity contribution in [3.63, 3.8) is 0 Å². The number of rotatable bonds is 4. The number of nitrogens with one attached hydrogen (secondary N) is 2. The van der Waals surface area contributed by atoms with Crippen LogP contribution in [0.4, 0.5) is 22.7 Å². The average molecular weight is 541 g/mol. The molecule has 2 aromatic carbocycles. The van der Waals surface area contributed by atoms with E-state index in [4.69, 9.17) is 22.9 Å². The zero-order valence-electron chi connectivity index (χ0n) is 18.8. The summed E-state index contributed by atoms with van der Waals surface area (Å²) in [5.41, 5.74) is 29.6. The molecule has 0 amide bonds. The number of nitrogens with zero attached hydrogens (tertiary/aromatic N) is 3. The summed E-state index contributed by atoms with van der Waals surface area (Å²) in [4.78, 5) is 8.65. The van der Waals surface area contributed by atoms with Crippen LogP contribution in [0.2, 0.25) is 0 Å². The molecule has 1 heterocycles. The van der Waals surface area contributed by atoms with Crippen LogP contribution in [-0.4, -0.2) is 30.6 Å². The Morgan fingerprint density at radius 1 is 0.848 bits per heavy atom. The van der Waals surface area contributed by atoms with Gasteiger partial charge >= 0.3 is 27.3 Å². The third-order valence-corrected chi connectivity index (χ3v) is 5.26. The molecular formula is C25H30CdN7-. The van der Waals surface area contributed by atoms with Crippen LogP contribution in [-0.2, 0) is 27.3 Å². The van der Waals surface area contributed by atoms with Crippen molar-refractivity contribution < 1.29 is 27.3 Å². The van der Waals surface area contributed by atoms with Crippen molar-refractivity contribution in [2.24, 2.45) is 21.5 Å². The van der Waals surface area contributed by atoms with Gasteiger partial charge in [0.1, 0.15) is 0 Å². The number of aliphatic imine (C=N–C) groups is 2. The minimum absolute atomic E-state index is 0. The van der Waals surface area contributed by atoms with Crippen LogP contribution < -0.4 is 11.5 Å². The van der Waals surface area contributed by atoms with Crippen molar-refractivity contribution in [3.05, 3.63) is 89.2 Å². The molecule has 0 radical (unpaired) electrons. The van der Waals surface area contributed by atoms with Gasteiger partial charge < -0.3 is 28.3 Å². The molecule has 1 aliphatic carbocycles. The van der Waals surface area contributed by atoms with Gasteiger partial charge in [-0.15, -0.1) is 17.1 Å². The average Bonchev–Trinajstić information content (AvgIpc) is 2.81. The van der Waals surface area contributed by atoms with Crippen molar-refractivity contribution in [2.45, 2.75) is 43.8 Å². The molecule has 3 unspecified atom stereocenters. The topological polar surface area (TPSA) is 138 Å². The fourth-order valence-electron chi connectivity index (χ4n) is 3.34. The second kappa shape index (κ2) is 13.9. The van der Waals surface area contributed by atoms with Crippen LogP contribution in [0.3, 0.4) is 0 Å². The van der Waals surface area contributed by atoms with Crippen LogP contribution in [0.25, 0.3) is 16.8 Å². The van der Waals surface area contributed by atoms with Crippen LogP contribution >= 0.6 is 0 Å². The van der Waals surface area contributed by atoms with Gasteiger partial charge in [-0.2, -0.15) is 0 Å². The molecule has 0 bridgehead atoms. The molecule has 0 aromatic heterocycles.